The molecule has 80 heavy (non-hydrogen) atoms. The zero-order chi connectivity index (χ0) is 53.2. The van der Waals surface area contributed by atoms with Crippen molar-refractivity contribution < 1.29 is 0 Å². The second-order valence-electron chi connectivity index (χ2n) is 20.0. The van der Waals surface area contributed by atoms with Crippen LogP contribution in [0.5, 0.6) is 0 Å². The van der Waals surface area contributed by atoms with E-state index in [1.165, 1.54) is 139 Å². The molecule has 378 valence electrons. The van der Waals surface area contributed by atoms with Crippen LogP contribution in [0.1, 0.15) is 0 Å². The summed E-state index contributed by atoms with van der Waals surface area (Å²) in [5.74, 6) is 0. The van der Waals surface area contributed by atoms with Gasteiger partial charge in [0.15, 0.2) is 0 Å². The van der Waals surface area contributed by atoms with Gasteiger partial charge in [-0.05, 0) is 149 Å². The van der Waals surface area contributed by atoms with Crippen LogP contribution in [0.4, 0.5) is 0 Å². The van der Waals surface area contributed by atoms with Gasteiger partial charge in [0.2, 0.25) is 0 Å². The van der Waals surface area contributed by atoms with Gasteiger partial charge in [-0.25, -0.2) is 0 Å². The Morgan fingerprint density at radius 3 is 0.350 bits per heavy atom. The molecule has 4 heterocycles. The lowest BCUT2D eigenvalue weighted by Crippen LogP contribution is -1.80. The van der Waals surface area contributed by atoms with E-state index >= 15 is 0 Å². The number of benzene rings is 10. The highest BCUT2D eigenvalue weighted by Gasteiger charge is 2.13. The Balaban J connectivity index is 0.577. The van der Waals surface area contributed by atoms with Gasteiger partial charge < -0.3 is 0 Å². The fraction of sp³-hybridized carbons (Fsp3) is 0. The third kappa shape index (κ3) is 10.4. The van der Waals surface area contributed by atoms with Crippen molar-refractivity contribution in [1.82, 2.24) is 0 Å². The van der Waals surface area contributed by atoms with Crippen LogP contribution in [0.2, 0.25) is 0 Å². The van der Waals surface area contributed by atoms with Crippen molar-refractivity contribution in [2.24, 2.45) is 0 Å². The number of hydrogen-bond acceptors (Lipinski definition) is 4. The topological polar surface area (TPSA) is 0 Å². The predicted octanol–water partition coefficient (Wildman–Crippen LogP) is 23.6. The standard InChI is InChI=1S/C76H50S4/c1-3-7-51(8-4-1)53-11-27-61(28-12-53)69-43-45-71(77-69)63-31-15-55(16-32-63)57-19-35-65(36-20-57)73-47-49-75(79-73)67-39-23-59(24-40-67)60-25-41-68(42-26-60)76-50-48-74(80-76)66-37-21-58(22-38-66)56-17-33-64(34-18-56)72-46-44-70(78-72)62-29-13-54(14-30-62)52-9-5-2-6-10-52/h1-50H. The molecule has 0 N–H and O–H groups in total. The normalized spacial score (nSPS) is 11.2. The van der Waals surface area contributed by atoms with Gasteiger partial charge in [0.05, 0.1) is 0 Å². The van der Waals surface area contributed by atoms with E-state index in [0.29, 0.717) is 0 Å². The molecule has 4 aromatic heterocycles. The van der Waals surface area contributed by atoms with Crippen LogP contribution in [0.15, 0.2) is 303 Å². The molecular formula is C76H50S4. The van der Waals surface area contributed by atoms with Crippen LogP contribution in [-0.4, -0.2) is 0 Å². The van der Waals surface area contributed by atoms with Crippen molar-refractivity contribution in [3.63, 3.8) is 0 Å². The van der Waals surface area contributed by atoms with Crippen molar-refractivity contribution in [3.8, 4) is 139 Å². The van der Waals surface area contributed by atoms with E-state index in [-0.39, 0.29) is 0 Å². The average molecular weight is 1090 g/mol. The summed E-state index contributed by atoms with van der Waals surface area (Å²) in [5, 5.41) is 0. The van der Waals surface area contributed by atoms with Crippen LogP contribution < -0.4 is 0 Å². The second-order valence-corrected chi connectivity index (χ2v) is 24.3. The molecule has 4 heteroatoms. The Morgan fingerprint density at radius 2 is 0.212 bits per heavy atom. The summed E-state index contributed by atoms with van der Waals surface area (Å²) in [6, 6.07) is 111. The molecule has 0 nitrogen and oxygen atoms in total. The molecule has 0 radical (unpaired) electrons. The molecule has 0 fully saturated rings. The molecule has 0 unspecified atom stereocenters. The first-order valence-electron chi connectivity index (χ1n) is 26.9. The van der Waals surface area contributed by atoms with Gasteiger partial charge in [-0.2, -0.15) is 0 Å². The highest BCUT2D eigenvalue weighted by Crippen LogP contribution is 2.41. The zero-order valence-corrected chi connectivity index (χ0v) is 46.8. The SMILES string of the molecule is c1ccc(-c2ccc(-c3ccc(-c4ccc(-c5ccc(-c6ccc(-c7ccc(-c8ccc(-c9ccc(-c%10ccc(-c%11ccc(-c%12ccc(-c%13ccc(-c%14ccccc%14)cc%13)s%12)cc%11)cc%10)s9)cc8)cc7)s6)cc5)cc4)s3)cc2)cc1. The van der Waals surface area contributed by atoms with Crippen molar-refractivity contribution in [1.29, 1.82) is 0 Å². The van der Waals surface area contributed by atoms with Crippen LogP contribution in [0, 0.1) is 0 Å². The summed E-state index contributed by atoms with van der Waals surface area (Å²) in [6.07, 6.45) is 0. The fourth-order valence-corrected chi connectivity index (χ4v) is 14.5. The van der Waals surface area contributed by atoms with Crippen LogP contribution in [0.3, 0.4) is 0 Å². The number of thiophene rings is 4. The summed E-state index contributed by atoms with van der Waals surface area (Å²) in [7, 11) is 0. The fourth-order valence-electron chi connectivity index (χ4n) is 10.5. The average Bonchev–Trinajstić information content (AvgIpc) is 4.45. The van der Waals surface area contributed by atoms with E-state index in [1.807, 2.05) is 45.3 Å². The lowest BCUT2D eigenvalue weighted by atomic mass is 10.0. The van der Waals surface area contributed by atoms with Gasteiger partial charge in [0, 0.05) is 39.0 Å². The minimum absolute atomic E-state index is 1.22. The summed E-state index contributed by atoms with van der Waals surface area (Å²) in [6.45, 7) is 0. The summed E-state index contributed by atoms with van der Waals surface area (Å²) < 4.78 is 0. The van der Waals surface area contributed by atoms with E-state index in [2.05, 4.69) is 303 Å². The Bertz CT molecular complexity index is 4060. The molecule has 0 amide bonds. The Kier molecular flexibility index (Phi) is 13.6. The summed E-state index contributed by atoms with van der Waals surface area (Å²) in [4.78, 5) is 10.2. The van der Waals surface area contributed by atoms with E-state index in [4.69, 9.17) is 0 Å². The van der Waals surface area contributed by atoms with Gasteiger partial charge >= 0.3 is 0 Å². The molecule has 14 aromatic rings. The van der Waals surface area contributed by atoms with Gasteiger partial charge in [-0.15, -0.1) is 45.3 Å². The van der Waals surface area contributed by atoms with Crippen LogP contribution >= 0.6 is 45.3 Å². The maximum Gasteiger partial charge on any atom is 0.0349 e. The molecule has 0 aliphatic carbocycles. The van der Waals surface area contributed by atoms with E-state index in [9.17, 15) is 0 Å². The highest BCUT2D eigenvalue weighted by atomic mass is 32.1. The molecule has 0 saturated heterocycles. The summed E-state index contributed by atoms with van der Waals surface area (Å²) in [5.41, 5.74) is 22.2. The molecule has 14 rings (SSSR count). The lowest BCUT2D eigenvalue weighted by Gasteiger charge is -2.06. The van der Waals surface area contributed by atoms with Crippen molar-refractivity contribution in [2.75, 3.05) is 0 Å². The third-order valence-corrected chi connectivity index (χ3v) is 19.7. The maximum atomic E-state index is 2.26. The molecule has 0 aliphatic heterocycles. The third-order valence-electron chi connectivity index (χ3n) is 15.0. The van der Waals surface area contributed by atoms with Gasteiger partial charge in [-0.3, -0.25) is 0 Å². The quantitative estimate of drug-likeness (QED) is 0.108. The first-order chi connectivity index (χ1) is 39.6. The maximum absolute atomic E-state index is 2.26. The van der Waals surface area contributed by atoms with Crippen LogP contribution in [-0.2, 0) is 0 Å². The van der Waals surface area contributed by atoms with Crippen LogP contribution in [0.25, 0.3) is 139 Å². The van der Waals surface area contributed by atoms with E-state index < -0.39 is 0 Å². The molecular weight excluding hydrogens is 1040 g/mol. The predicted molar refractivity (Wildman–Crippen MR) is 349 cm³/mol. The Labute approximate surface area is 484 Å². The van der Waals surface area contributed by atoms with Gasteiger partial charge in [0.25, 0.3) is 0 Å². The molecule has 10 aromatic carbocycles. The highest BCUT2D eigenvalue weighted by molar-refractivity contribution is 7.20. The van der Waals surface area contributed by atoms with Gasteiger partial charge in [-0.1, -0.05) is 255 Å². The Morgan fingerprint density at radius 1 is 0.100 bits per heavy atom. The molecule has 0 saturated carbocycles. The van der Waals surface area contributed by atoms with Crippen molar-refractivity contribution in [3.05, 3.63) is 303 Å². The monoisotopic (exact) mass is 1090 g/mol. The number of hydrogen-bond donors (Lipinski definition) is 0. The van der Waals surface area contributed by atoms with E-state index in [0.717, 1.165) is 0 Å². The molecule has 0 atom stereocenters. The minimum Gasteiger partial charge on any atom is -0.135 e. The smallest absolute Gasteiger partial charge is 0.0349 e. The lowest BCUT2D eigenvalue weighted by molar-refractivity contribution is 1.61. The largest absolute Gasteiger partial charge is 0.135 e. The molecule has 0 spiro atoms. The zero-order valence-electron chi connectivity index (χ0n) is 43.5. The first kappa shape index (κ1) is 49.3. The van der Waals surface area contributed by atoms with Crippen molar-refractivity contribution in [2.45, 2.75) is 0 Å². The molecule has 0 bridgehead atoms. The van der Waals surface area contributed by atoms with Crippen molar-refractivity contribution >= 4 is 45.3 Å². The molecule has 0 aliphatic rings. The minimum atomic E-state index is 1.22. The van der Waals surface area contributed by atoms with Gasteiger partial charge in [0.1, 0.15) is 0 Å². The number of rotatable bonds is 13. The summed E-state index contributed by atoms with van der Waals surface area (Å²) >= 11 is 7.37. The first-order valence-corrected chi connectivity index (χ1v) is 30.2. The second kappa shape index (κ2) is 22.0. The van der Waals surface area contributed by atoms with E-state index in [1.54, 1.807) is 0 Å². The Hall–Kier alpha value is -9.00.